The molecule has 1 heterocycles. The highest BCUT2D eigenvalue weighted by Crippen LogP contribution is 2.35. The van der Waals surface area contributed by atoms with Gasteiger partial charge >= 0.3 is 0 Å². The lowest BCUT2D eigenvalue weighted by atomic mass is 10.1. The van der Waals surface area contributed by atoms with Crippen LogP contribution in [0.4, 0.5) is 5.69 Å². The molecule has 0 aliphatic heterocycles. The fraction of sp³-hybridized carbons (Fsp3) is 0.143. The van der Waals surface area contributed by atoms with Crippen molar-refractivity contribution >= 4 is 17.4 Å². The summed E-state index contributed by atoms with van der Waals surface area (Å²) in [5.74, 6) is 0. The van der Waals surface area contributed by atoms with Crippen LogP contribution in [0, 0.1) is 35.3 Å². The summed E-state index contributed by atoms with van der Waals surface area (Å²) in [6.07, 6.45) is 0. The number of rotatable bonds is 3. The van der Waals surface area contributed by atoms with E-state index in [0.29, 0.717) is 15.5 Å². The normalized spacial score (nSPS) is 10.1. The number of nitro groups is 1. The van der Waals surface area contributed by atoms with E-state index in [2.05, 4.69) is 11.1 Å². The van der Waals surface area contributed by atoms with Crippen LogP contribution in [0.25, 0.3) is 0 Å². The third-order valence-electron chi connectivity index (χ3n) is 2.69. The standard InChI is InChI=1S/C14H11N3O2S/c1-9-7-10(2)16-14(11(9)8-15)20-13-6-4-3-5-12(13)17(18)19/h3-7H,1-2H3. The summed E-state index contributed by atoms with van der Waals surface area (Å²) in [6.45, 7) is 3.66. The van der Waals surface area contributed by atoms with E-state index < -0.39 is 4.92 Å². The van der Waals surface area contributed by atoms with Gasteiger partial charge in [0, 0.05) is 11.8 Å². The lowest BCUT2D eigenvalue weighted by molar-refractivity contribution is -0.387. The highest BCUT2D eigenvalue weighted by atomic mass is 32.2. The molecular weight excluding hydrogens is 274 g/mol. The quantitative estimate of drug-likeness (QED) is 0.635. The van der Waals surface area contributed by atoms with Crippen molar-refractivity contribution in [2.45, 2.75) is 23.8 Å². The van der Waals surface area contributed by atoms with Crippen LogP contribution in [0.3, 0.4) is 0 Å². The minimum atomic E-state index is -0.433. The Balaban J connectivity index is 2.51. The zero-order valence-corrected chi connectivity index (χ0v) is 11.8. The van der Waals surface area contributed by atoms with Gasteiger partial charge in [0.15, 0.2) is 0 Å². The number of hydrogen-bond acceptors (Lipinski definition) is 5. The van der Waals surface area contributed by atoms with Gasteiger partial charge < -0.3 is 0 Å². The Kier molecular flexibility index (Phi) is 4.01. The van der Waals surface area contributed by atoms with E-state index in [-0.39, 0.29) is 5.69 Å². The molecule has 0 bridgehead atoms. The Bertz CT molecular complexity index is 723. The lowest BCUT2D eigenvalue weighted by Crippen LogP contribution is -1.95. The van der Waals surface area contributed by atoms with Gasteiger partial charge in [-0.25, -0.2) is 4.98 Å². The Morgan fingerprint density at radius 2 is 2.05 bits per heavy atom. The first kappa shape index (κ1) is 14.0. The molecule has 0 atom stereocenters. The average molecular weight is 285 g/mol. The highest BCUT2D eigenvalue weighted by Gasteiger charge is 2.17. The molecule has 6 heteroatoms. The number of hydrogen-bond donors (Lipinski definition) is 0. The molecule has 0 N–H and O–H groups in total. The number of para-hydroxylation sites is 1. The topological polar surface area (TPSA) is 79.8 Å². The van der Waals surface area contributed by atoms with Gasteiger partial charge in [0.1, 0.15) is 11.1 Å². The molecule has 0 aliphatic carbocycles. The summed E-state index contributed by atoms with van der Waals surface area (Å²) >= 11 is 1.15. The van der Waals surface area contributed by atoms with Gasteiger partial charge in [-0.05, 0) is 31.5 Å². The van der Waals surface area contributed by atoms with Gasteiger partial charge in [-0.15, -0.1) is 0 Å². The van der Waals surface area contributed by atoms with E-state index in [1.807, 2.05) is 19.9 Å². The predicted octanol–water partition coefficient (Wildman–Crippen LogP) is 3.63. The number of pyridine rings is 1. The summed E-state index contributed by atoms with van der Waals surface area (Å²) in [4.78, 5) is 15.4. The van der Waals surface area contributed by atoms with E-state index in [1.54, 1.807) is 18.2 Å². The maximum absolute atomic E-state index is 11.0. The number of nitro benzene ring substituents is 1. The molecule has 0 fully saturated rings. The molecule has 0 radical (unpaired) electrons. The van der Waals surface area contributed by atoms with E-state index in [0.717, 1.165) is 23.0 Å². The molecule has 0 saturated heterocycles. The van der Waals surface area contributed by atoms with E-state index >= 15 is 0 Å². The van der Waals surface area contributed by atoms with Gasteiger partial charge in [0.2, 0.25) is 0 Å². The first-order chi connectivity index (χ1) is 9.52. The van der Waals surface area contributed by atoms with Crippen molar-refractivity contribution in [2.75, 3.05) is 0 Å². The third kappa shape index (κ3) is 2.78. The van der Waals surface area contributed by atoms with E-state index in [9.17, 15) is 15.4 Å². The Morgan fingerprint density at radius 1 is 1.35 bits per heavy atom. The molecule has 0 aliphatic rings. The van der Waals surface area contributed by atoms with Gasteiger partial charge in [0.05, 0.1) is 15.4 Å². The van der Waals surface area contributed by atoms with Crippen LogP contribution in [-0.2, 0) is 0 Å². The van der Waals surface area contributed by atoms with Crippen LogP contribution < -0.4 is 0 Å². The molecule has 0 unspecified atom stereocenters. The minimum Gasteiger partial charge on any atom is -0.258 e. The van der Waals surface area contributed by atoms with Crippen molar-refractivity contribution in [2.24, 2.45) is 0 Å². The third-order valence-corrected chi connectivity index (χ3v) is 3.75. The summed E-state index contributed by atoms with van der Waals surface area (Å²) in [6, 6.07) is 10.4. The van der Waals surface area contributed by atoms with Gasteiger partial charge in [-0.3, -0.25) is 10.1 Å². The number of aryl methyl sites for hydroxylation is 2. The SMILES string of the molecule is Cc1cc(C)c(C#N)c(Sc2ccccc2[N+](=O)[O-])n1. The Labute approximate surface area is 120 Å². The monoisotopic (exact) mass is 285 g/mol. The molecule has 2 rings (SSSR count). The van der Waals surface area contributed by atoms with E-state index in [1.165, 1.54) is 6.07 Å². The molecule has 1 aromatic carbocycles. The second-order valence-corrected chi connectivity index (χ2v) is 5.23. The molecule has 1 aromatic heterocycles. The largest absolute Gasteiger partial charge is 0.283 e. The van der Waals surface area contributed by atoms with Crippen LogP contribution in [-0.4, -0.2) is 9.91 Å². The summed E-state index contributed by atoms with van der Waals surface area (Å²) in [5.41, 5.74) is 2.07. The van der Waals surface area contributed by atoms with Gasteiger partial charge in [0.25, 0.3) is 5.69 Å². The van der Waals surface area contributed by atoms with Crippen molar-refractivity contribution in [3.05, 3.63) is 57.3 Å². The van der Waals surface area contributed by atoms with Crippen LogP contribution in [0.5, 0.6) is 0 Å². The first-order valence-corrected chi connectivity index (χ1v) is 6.64. The van der Waals surface area contributed by atoms with Crippen LogP contribution in [0.1, 0.15) is 16.8 Å². The molecule has 100 valence electrons. The predicted molar refractivity (Wildman–Crippen MR) is 75.6 cm³/mol. The van der Waals surface area contributed by atoms with Crippen molar-refractivity contribution < 1.29 is 4.92 Å². The summed E-state index contributed by atoms with van der Waals surface area (Å²) in [5, 5.41) is 20.7. The zero-order chi connectivity index (χ0) is 14.7. The minimum absolute atomic E-state index is 0.0161. The van der Waals surface area contributed by atoms with Crippen LogP contribution >= 0.6 is 11.8 Å². The van der Waals surface area contributed by atoms with Crippen molar-refractivity contribution in [1.29, 1.82) is 5.26 Å². The second-order valence-electron chi connectivity index (χ2n) is 4.20. The average Bonchev–Trinajstić information content (AvgIpc) is 2.38. The molecular formula is C14H11N3O2S. The summed E-state index contributed by atoms with van der Waals surface area (Å²) in [7, 11) is 0. The lowest BCUT2D eigenvalue weighted by Gasteiger charge is -2.07. The highest BCUT2D eigenvalue weighted by molar-refractivity contribution is 7.99. The van der Waals surface area contributed by atoms with Gasteiger partial charge in [-0.1, -0.05) is 23.9 Å². The van der Waals surface area contributed by atoms with Crippen LogP contribution in [0.15, 0.2) is 40.3 Å². The molecule has 20 heavy (non-hydrogen) atoms. The number of benzene rings is 1. The number of nitriles is 1. The first-order valence-electron chi connectivity index (χ1n) is 5.82. The maximum Gasteiger partial charge on any atom is 0.283 e. The number of aromatic nitrogens is 1. The zero-order valence-electron chi connectivity index (χ0n) is 11.0. The molecule has 0 spiro atoms. The fourth-order valence-electron chi connectivity index (χ4n) is 1.81. The number of nitrogens with zero attached hydrogens (tertiary/aromatic N) is 3. The smallest absolute Gasteiger partial charge is 0.258 e. The van der Waals surface area contributed by atoms with Crippen molar-refractivity contribution in [3.63, 3.8) is 0 Å². The van der Waals surface area contributed by atoms with E-state index in [4.69, 9.17) is 0 Å². The van der Waals surface area contributed by atoms with Crippen molar-refractivity contribution in [1.82, 2.24) is 4.98 Å². The molecule has 2 aromatic rings. The van der Waals surface area contributed by atoms with Crippen molar-refractivity contribution in [3.8, 4) is 6.07 Å². The molecule has 0 amide bonds. The summed E-state index contributed by atoms with van der Waals surface area (Å²) < 4.78 is 0. The van der Waals surface area contributed by atoms with Crippen LogP contribution in [0.2, 0.25) is 0 Å². The Hall–Kier alpha value is -2.39. The Morgan fingerprint density at radius 3 is 2.70 bits per heavy atom. The molecule has 0 saturated carbocycles. The fourth-order valence-corrected chi connectivity index (χ4v) is 2.91. The van der Waals surface area contributed by atoms with Gasteiger partial charge in [-0.2, -0.15) is 5.26 Å². The molecule has 5 nitrogen and oxygen atoms in total. The maximum atomic E-state index is 11.0. The second kappa shape index (κ2) is 5.72.